The van der Waals surface area contributed by atoms with Gasteiger partial charge >= 0.3 is 0 Å². The Morgan fingerprint density at radius 3 is 2.34 bits per heavy atom. The highest BCUT2D eigenvalue weighted by atomic mass is 16.5. The molecule has 6 heteroatoms. The standard InChI is InChI=1S/C23H29N3O3/c1-25-20-8-10-21(11-9-20)26(15-27)14-19-13-18(7-12-22(19)29-2)16-3-5-17(6-4-16)23(24)28/h3-7,12-13,15,20-21,25H,8-11,14H2,1-2H3,(H2,24,28). The topological polar surface area (TPSA) is 84.7 Å². The first-order chi connectivity index (χ1) is 14.0. The van der Waals surface area contributed by atoms with E-state index in [4.69, 9.17) is 10.5 Å². The average Bonchev–Trinajstić information content (AvgIpc) is 2.77. The molecule has 3 N–H and O–H groups in total. The zero-order chi connectivity index (χ0) is 20.8. The fourth-order valence-corrected chi connectivity index (χ4v) is 4.05. The van der Waals surface area contributed by atoms with Crippen molar-refractivity contribution in [1.29, 1.82) is 0 Å². The molecule has 1 saturated carbocycles. The third kappa shape index (κ3) is 4.95. The number of amides is 2. The molecule has 0 aromatic heterocycles. The second-order valence-corrected chi connectivity index (χ2v) is 7.54. The maximum atomic E-state index is 11.8. The largest absolute Gasteiger partial charge is 0.496 e. The summed E-state index contributed by atoms with van der Waals surface area (Å²) >= 11 is 0. The molecule has 0 bridgehead atoms. The zero-order valence-corrected chi connectivity index (χ0v) is 17.1. The summed E-state index contributed by atoms with van der Waals surface area (Å²) in [5.74, 6) is 0.319. The van der Waals surface area contributed by atoms with E-state index in [0.29, 0.717) is 18.2 Å². The van der Waals surface area contributed by atoms with Crippen LogP contribution in [0.25, 0.3) is 11.1 Å². The molecule has 6 nitrogen and oxygen atoms in total. The first-order valence-corrected chi connectivity index (χ1v) is 10.0. The summed E-state index contributed by atoms with van der Waals surface area (Å²) in [6, 6.07) is 13.9. The maximum absolute atomic E-state index is 11.8. The van der Waals surface area contributed by atoms with E-state index in [1.807, 2.05) is 42.3 Å². The van der Waals surface area contributed by atoms with Crippen molar-refractivity contribution in [3.05, 3.63) is 53.6 Å². The van der Waals surface area contributed by atoms with Crippen LogP contribution in [-0.4, -0.2) is 43.5 Å². The van der Waals surface area contributed by atoms with Crippen LogP contribution in [0.4, 0.5) is 0 Å². The molecule has 0 unspecified atom stereocenters. The molecule has 0 saturated heterocycles. The van der Waals surface area contributed by atoms with Gasteiger partial charge in [-0.15, -0.1) is 0 Å². The van der Waals surface area contributed by atoms with Crippen LogP contribution in [0, 0.1) is 0 Å². The Morgan fingerprint density at radius 2 is 1.79 bits per heavy atom. The molecule has 3 rings (SSSR count). The van der Waals surface area contributed by atoms with Crippen molar-refractivity contribution in [3.63, 3.8) is 0 Å². The summed E-state index contributed by atoms with van der Waals surface area (Å²) in [5, 5.41) is 3.33. The number of benzene rings is 2. The molecule has 0 spiro atoms. The fourth-order valence-electron chi connectivity index (χ4n) is 4.05. The van der Waals surface area contributed by atoms with Gasteiger partial charge in [-0.1, -0.05) is 18.2 Å². The number of carbonyl (C=O) groups excluding carboxylic acids is 2. The number of ether oxygens (including phenoxy) is 1. The van der Waals surface area contributed by atoms with Crippen molar-refractivity contribution in [2.45, 2.75) is 44.3 Å². The van der Waals surface area contributed by atoms with Crippen LogP contribution in [0.5, 0.6) is 5.75 Å². The van der Waals surface area contributed by atoms with Crippen LogP contribution >= 0.6 is 0 Å². The number of carbonyl (C=O) groups is 2. The summed E-state index contributed by atoms with van der Waals surface area (Å²) in [4.78, 5) is 25.0. The Balaban J connectivity index is 1.81. The normalized spacial score (nSPS) is 18.8. The fraction of sp³-hybridized carbons (Fsp3) is 0.391. The Bertz CT molecular complexity index is 843. The number of nitrogens with one attached hydrogen (secondary N) is 1. The van der Waals surface area contributed by atoms with E-state index in [9.17, 15) is 9.59 Å². The van der Waals surface area contributed by atoms with E-state index in [1.54, 1.807) is 19.2 Å². The highest BCUT2D eigenvalue weighted by Gasteiger charge is 2.25. The van der Waals surface area contributed by atoms with Crippen LogP contribution < -0.4 is 15.8 Å². The third-order valence-electron chi connectivity index (χ3n) is 5.85. The average molecular weight is 396 g/mol. The minimum Gasteiger partial charge on any atom is -0.496 e. The number of hydrogen-bond acceptors (Lipinski definition) is 4. The van der Waals surface area contributed by atoms with Crippen molar-refractivity contribution < 1.29 is 14.3 Å². The quantitative estimate of drug-likeness (QED) is 0.673. The molecule has 1 fully saturated rings. The first kappa shape index (κ1) is 20.9. The van der Waals surface area contributed by atoms with Gasteiger partial charge in [0, 0.05) is 29.8 Å². The smallest absolute Gasteiger partial charge is 0.248 e. The van der Waals surface area contributed by atoms with Crippen molar-refractivity contribution in [3.8, 4) is 16.9 Å². The van der Waals surface area contributed by atoms with Gasteiger partial charge in [0.25, 0.3) is 0 Å². The van der Waals surface area contributed by atoms with Crippen molar-refractivity contribution >= 4 is 12.3 Å². The lowest BCUT2D eigenvalue weighted by Crippen LogP contribution is -2.40. The minimum atomic E-state index is -0.443. The molecule has 0 radical (unpaired) electrons. The van der Waals surface area contributed by atoms with Gasteiger partial charge in [0.2, 0.25) is 12.3 Å². The summed E-state index contributed by atoms with van der Waals surface area (Å²) in [6.45, 7) is 0.509. The molecule has 1 aliphatic carbocycles. The zero-order valence-electron chi connectivity index (χ0n) is 17.1. The molecule has 29 heavy (non-hydrogen) atoms. The molecule has 0 aliphatic heterocycles. The van der Waals surface area contributed by atoms with Gasteiger partial charge in [-0.3, -0.25) is 9.59 Å². The van der Waals surface area contributed by atoms with E-state index < -0.39 is 5.91 Å². The number of hydrogen-bond donors (Lipinski definition) is 2. The lowest BCUT2D eigenvalue weighted by atomic mass is 9.90. The second kappa shape index (κ2) is 9.56. The van der Waals surface area contributed by atoms with Gasteiger partial charge in [0.15, 0.2) is 0 Å². The van der Waals surface area contributed by atoms with Crippen molar-refractivity contribution in [2.75, 3.05) is 14.2 Å². The van der Waals surface area contributed by atoms with Crippen LogP contribution in [0.1, 0.15) is 41.6 Å². The van der Waals surface area contributed by atoms with E-state index in [-0.39, 0.29) is 6.04 Å². The lowest BCUT2D eigenvalue weighted by Gasteiger charge is -2.35. The van der Waals surface area contributed by atoms with Crippen molar-refractivity contribution in [2.24, 2.45) is 5.73 Å². The van der Waals surface area contributed by atoms with Crippen molar-refractivity contribution in [1.82, 2.24) is 10.2 Å². The SMILES string of the molecule is CNC1CCC(N(C=O)Cc2cc(-c3ccc(C(N)=O)cc3)ccc2OC)CC1. The van der Waals surface area contributed by atoms with Gasteiger partial charge < -0.3 is 20.7 Å². The summed E-state index contributed by atoms with van der Waals surface area (Å²) in [7, 11) is 3.64. The van der Waals surface area contributed by atoms with E-state index >= 15 is 0 Å². The summed E-state index contributed by atoms with van der Waals surface area (Å²) in [6.07, 6.45) is 5.11. The molecule has 1 aliphatic rings. The Morgan fingerprint density at radius 1 is 1.14 bits per heavy atom. The Kier molecular flexibility index (Phi) is 6.88. The third-order valence-corrected chi connectivity index (χ3v) is 5.85. The van der Waals surface area contributed by atoms with Gasteiger partial charge in [-0.05, 0) is 68.1 Å². The number of methoxy groups -OCH3 is 1. The highest BCUT2D eigenvalue weighted by molar-refractivity contribution is 5.93. The number of nitrogens with zero attached hydrogens (tertiary/aromatic N) is 1. The predicted molar refractivity (Wildman–Crippen MR) is 114 cm³/mol. The molecule has 0 heterocycles. The van der Waals surface area contributed by atoms with Gasteiger partial charge in [-0.2, -0.15) is 0 Å². The monoisotopic (exact) mass is 395 g/mol. The summed E-state index contributed by atoms with van der Waals surface area (Å²) in [5.41, 5.74) is 8.75. The van der Waals surface area contributed by atoms with E-state index in [0.717, 1.165) is 54.5 Å². The molecule has 154 valence electrons. The molecule has 2 aromatic rings. The maximum Gasteiger partial charge on any atom is 0.248 e. The lowest BCUT2D eigenvalue weighted by molar-refractivity contribution is -0.121. The first-order valence-electron chi connectivity index (χ1n) is 10.0. The van der Waals surface area contributed by atoms with Gasteiger partial charge in [0.1, 0.15) is 5.75 Å². The predicted octanol–water partition coefficient (Wildman–Crippen LogP) is 2.95. The Hall–Kier alpha value is -2.86. The molecule has 2 amide bonds. The number of nitrogens with two attached hydrogens (primary N) is 1. The van der Waals surface area contributed by atoms with Crippen LogP contribution in [0.3, 0.4) is 0 Å². The van der Waals surface area contributed by atoms with Crippen LogP contribution in [0.2, 0.25) is 0 Å². The number of primary amides is 1. The van der Waals surface area contributed by atoms with Gasteiger partial charge in [0.05, 0.1) is 7.11 Å². The molecular formula is C23H29N3O3. The van der Waals surface area contributed by atoms with Crippen LogP contribution in [-0.2, 0) is 11.3 Å². The van der Waals surface area contributed by atoms with E-state index in [2.05, 4.69) is 5.32 Å². The van der Waals surface area contributed by atoms with Gasteiger partial charge in [-0.25, -0.2) is 0 Å². The molecular weight excluding hydrogens is 366 g/mol. The second-order valence-electron chi connectivity index (χ2n) is 7.54. The Labute approximate surface area is 172 Å². The highest BCUT2D eigenvalue weighted by Crippen LogP contribution is 2.30. The van der Waals surface area contributed by atoms with E-state index in [1.165, 1.54) is 0 Å². The number of rotatable bonds is 8. The minimum absolute atomic E-state index is 0.250. The van der Waals surface area contributed by atoms with Crippen LogP contribution in [0.15, 0.2) is 42.5 Å². The summed E-state index contributed by atoms with van der Waals surface area (Å²) < 4.78 is 5.54. The molecule has 2 aromatic carbocycles. The molecule has 0 atom stereocenters.